The Morgan fingerprint density at radius 2 is 2.24 bits per heavy atom. The van der Waals surface area contributed by atoms with Crippen molar-refractivity contribution >= 4 is 11.6 Å². The van der Waals surface area contributed by atoms with Gasteiger partial charge in [-0.2, -0.15) is 0 Å². The van der Waals surface area contributed by atoms with E-state index in [1.165, 1.54) is 0 Å². The molecule has 2 aromatic heterocycles. The second-order valence-corrected chi connectivity index (χ2v) is 7.25. The minimum atomic E-state index is -0.157. The number of rotatable bonds is 7. The first kappa shape index (κ1) is 20.8. The Labute approximate surface area is 171 Å². The summed E-state index contributed by atoms with van der Waals surface area (Å²) in [4.78, 5) is 33.7. The minimum absolute atomic E-state index is 0.0123. The first-order valence-electron chi connectivity index (χ1n) is 10.1. The molecule has 1 saturated heterocycles. The summed E-state index contributed by atoms with van der Waals surface area (Å²) in [6.07, 6.45) is 9.64. The van der Waals surface area contributed by atoms with Crippen LogP contribution in [0.25, 0.3) is 11.1 Å². The molecule has 1 aliphatic heterocycles. The number of likely N-dealkylation sites (N-methyl/N-ethyl adjacent to an activating group) is 1. The highest BCUT2D eigenvalue weighted by Gasteiger charge is 2.23. The maximum atomic E-state index is 12.4. The number of H-pyrrole nitrogens is 1. The van der Waals surface area contributed by atoms with E-state index in [0.29, 0.717) is 18.8 Å². The molecule has 1 amide bonds. The summed E-state index contributed by atoms with van der Waals surface area (Å²) in [5.74, 6) is 0.0123. The molecule has 3 N–H and O–H groups in total. The number of amides is 1. The highest BCUT2D eigenvalue weighted by atomic mass is 16.2. The van der Waals surface area contributed by atoms with E-state index in [1.807, 2.05) is 36.2 Å². The van der Waals surface area contributed by atoms with Crippen molar-refractivity contribution < 1.29 is 4.79 Å². The summed E-state index contributed by atoms with van der Waals surface area (Å²) in [5.41, 5.74) is 3.34. The standard InChI is InChI=1S/C22H29N5O2/c1-3-18-12-16(8-10-24-18)17-13-20(22(29)25-14-17)26-19-6-5-11-27(15-19)21(28)7-4-9-23-2/h4,7-8,10,12-14,19,23,26H,3,5-6,9,11,15H2,1-2H3,(H,25,29)/b7-4+/t19-/m0/s1. The molecule has 1 aliphatic rings. The van der Waals surface area contributed by atoms with Gasteiger partial charge in [0.25, 0.3) is 5.56 Å². The van der Waals surface area contributed by atoms with Gasteiger partial charge in [-0.1, -0.05) is 13.0 Å². The average Bonchev–Trinajstić information content (AvgIpc) is 2.75. The first-order chi connectivity index (χ1) is 14.1. The van der Waals surface area contributed by atoms with Gasteiger partial charge in [0.05, 0.1) is 0 Å². The Kier molecular flexibility index (Phi) is 7.19. The molecule has 7 nitrogen and oxygen atoms in total. The Balaban J connectivity index is 1.72. The number of likely N-dealkylation sites (tertiary alicyclic amines) is 1. The lowest BCUT2D eigenvalue weighted by molar-refractivity contribution is -0.127. The molecule has 0 radical (unpaired) electrons. The Morgan fingerprint density at radius 3 is 3.03 bits per heavy atom. The minimum Gasteiger partial charge on any atom is -0.376 e. The first-order valence-corrected chi connectivity index (χ1v) is 10.1. The van der Waals surface area contributed by atoms with Gasteiger partial charge in [0, 0.05) is 55.4 Å². The summed E-state index contributed by atoms with van der Waals surface area (Å²) in [7, 11) is 1.84. The van der Waals surface area contributed by atoms with Gasteiger partial charge in [0.2, 0.25) is 5.91 Å². The van der Waals surface area contributed by atoms with Crippen molar-refractivity contribution in [3.63, 3.8) is 0 Å². The van der Waals surface area contributed by atoms with Crippen molar-refractivity contribution in [2.45, 2.75) is 32.2 Å². The van der Waals surface area contributed by atoms with Crippen molar-refractivity contribution in [1.82, 2.24) is 20.2 Å². The molecular weight excluding hydrogens is 366 g/mol. The lowest BCUT2D eigenvalue weighted by atomic mass is 10.0. The predicted octanol–water partition coefficient (Wildman–Crippen LogP) is 2.18. The molecule has 1 atom stereocenters. The molecule has 0 bridgehead atoms. The third-order valence-electron chi connectivity index (χ3n) is 5.09. The second-order valence-electron chi connectivity index (χ2n) is 7.25. The van der Waals surface area contributed by atoms with Gasteiger partial charge in [-0.3, -0.25) is 14.6 Å². The molecule has 2 aromatic rings. The summed E-state index contributed by atoms with van der Waals surface area (Å²) >= 11 is 0. The normalized spacial score (nSPS) is 16.9. The van der Waals surface area contributed by atoms with Gasteiger partial charge in [0.15, 0.2) is 0 Å². The van der Waals surface area contributed by atoms with Gasteiger partial charge < -0.3 is 20.5 Å². The van der Waals surface area contributed by atoms with Crippen LogP contribution >= 0.6 is 0 Å². The number of aryl methyl sites for hydroxylation is 1. The van der Waals surface area contributed by atoms with Crippen LogP contribution in [0.15, 0.2) is 47.5 Å². The van der Waals surface area contributed by atoms with Crippen LogP contribution in [0.4, 0.5) is 5.69 Å². The maximum absolute atomic E-state index is 12.4. The number of hydrogen-bond donors (Lipinski definition) is 3. The highest BCUT2D eigenvalue weighted by molar-refractivity contribution is 5.87. The fourth-order valence-electron chi connectivity index (χ4n) is 3.51. The van der Waals surface area contributed by atoms with E-state index in [2.05, 4.69) is 27.5 Å². The van der Waals surface area contributed by atoms with Crippen LogP contribution in [0.1, 0.15) is 25.5 Å². The summed E-state index contributed by atoms with van der Waals surface area (Å²) < 4.78 is 0. The quantitative estimate of drug-likeness (QED) is 0.625. The van der Waals surface area contributed by atoms with E-state index in [1.54, 1.807) is 18.5 Å². The number of aromatic nitrogens is 2. The molecule has 7 heteroatoms. The Hall–Kier alpha value is -2.93. The number of piperidine rings is 1. The molecule has 3 heterocycles. The van der Waals surface area contributed by atoms with Gasteiger partial charge in [-0.05, 0) is 50.1 Å². The van der Waals surface area contributed by atoms with Gasteiger partial charge in [-0.25, -0.2) is 0 Å². The molecule has 154 valence electrons. The Morgan fingerprint density at radius 1 is 1.38 bits per heavy atom. The molecule has 0 aliphatic carbocycles. The Bertz CT molecular complexity index is 921. The van der Waals surface area contributed by atoms with Crippen LogP contribution < -0.4 is 16.2 Å². The zero-order chi connectivity index (χ0) is 20.6. The summed E-state index contributed by atoms with van der Waals surface area (Å²) in [6.45, 7) is 4.06. The lowest BCUT2D eigenvalue weighted by Gasteiger charge is -2.33. The third-order valence-corrected chi connectivity index (χ3v) is 5.09. The van der Waals surface area contributed by atoms with Crippen LogP contribution in [0.5, 0.6) is 0 Å². The SMILES string of the molecule is CCc1cc(-c2c[nH]c(=O)c(N[C@H]3CCCN(C(=O)/C=C/CNC)C3)c2)ccn1. The number of carbonyl (C=O) groups is 1. The predicted molar refractivity (Wildman–Crippen MR) is 116 cm³/mol. The number of anilines is 1. The molecular formula is C22H29N5O2. The zero-order valence-corrected chi connectivity index (χ0v) is 17.1. The molecule has 3 rings (SSSR count). The molecule has 0 spiro atoms. The average molecular weight is 396 g/mol. The topological polar surface area (TPSA) is 90.1 Å². The van der Waals surface area contributed by atoms with Crippen LogP contribution in [0.2, 0.25) is 0 Å². The largest absolute Gasteiger partial charge is 0.376 e. The summed E-state index contributed by atoms with van der Waals surface area (Å²) in [6, 6.07) is 5.90. The van der Waals surface area contributed by atoms with Crippen molar-refractivity contribution in [2.75, 3.05) is 32.0 Å². The van der Waals surface area contributed by atoms with E-state index in [0.717, 1.165) is 42.6 Å². The molecule has 29 heavy (non-hydrogen) atoms. The van der Waals surface area contributed by atoms with E-state index in [-0.39, 0.29) is 17.5 Å². The van der Waals surface area contributed by atoms with Crippen LogP contribution in [0, 0.1) is 0 Å². The van der Waals surface area contributed by atoms with Crippen LogP contribution in [-0.2, 0) is 11.2 Å². The van der Waals surface area contributed by atoms with Crippen molar-refractivity contribution in [1.29, 1.82) is 0 Å². The molecule has 0 aromatic carbocycles. The number of nitrogens with one attached hydrogen (secondary N) is 3. The number of pyridine rings is 2. The molecule has 0 saturated carbocycles. The van der Waals surface area contributed by atoms with Gasteiger partial charge >= 0.3 is 0 Å². The number of aromatic amines is 1. The second kappa shape index (κ2) is 10.0. The van der Waals surface area contributed by atoms with E-state index in [9.17, 15) is 9.59 Å². The van der Waals surface area contributed by atoms with Crippen LogP contribution in [-0.4, -0.2) is 53.5 Å². The molecule has 1 fully saturated rings. The monoisotopic (exact) mass is 395 g/mol. The maximum Gasteiger partial charge on any atom is 0.271 e. The number of nitrogens with zero attached hydrogens (tertiary/aromatic N) is 2. The fraction of sp³-hybridized carbons (Fsp3) is 0.409. The number of carbonyl (C=O) groups excluding carboxylic acids is 1. The fourth-order valence-corrected chi connectivity index (χ4v) is 3.51. The highest BCUT2D eigenvalue weighted by Crippen LogP contribution is 2.22. The van der Waals surface area contributed by atoms with E-state index in [4.69, 9.17) is 0 Å². The third kappa shape index (κ3) is 5.54. The zero-order valence-electron chi connectivity index (χ0n) is 17.1. The summed E-state index contributed by atoms with van der Waals surface area (Å²) in [5, 5.41) is 6.34. The van der Waals surface area contributed by atoms with Gasteiger partial charge in [0.1, 0.15) is 5.69 Å². The molecule has 0 unspecified atom stereocenters. The van der Waals surface area contributed by atoms with Crippen molar-refractivity contribution in [3.8, 4) is 11.1 Å². The lowest BCUT2D eigenvalue weighted by Crippen LogP contribution is -2.45. The van der Waals surface area contributed by atoms with E-state index >= 15 is 0 Å². The van der Waals surface area contributed by atoms with Crippen LogP contribution in [0.3, 0.4) is 0 Å². The van der Waals surface area contributed by atoms with Crippen molar-refractivity contribution in [2.24, 2.45) is 0 Å². The smallest absolute Gasteiger partial charge is 0.271 e. The van der Waals surface area contributed by atoms with Crippen molar-refractivity contribution in [3.05, 3.63) is 58.8 Å². The number of hydrogen-bond acceptors (Lipinski definition) is 5. The van der Waals surface area contributed by atoms with E-state index < -0.39 is 0 Å². The van der Waals surface area contributed by atoms with Gasteiger partial charge in [-0.15, -0.1) is 0 Å².